The van der Waals surface area contributed by atoms with Crippen molar-refractivity contribution in [2.45, 2.75) is 44.5 Å². The Kier molecular flexibility index (Phi) is 7.43. The first-order valence-electron chi connectivity index (χ1n) is 4.40. The smallest absolute Gasteiger partial charge is 0.0631 e. The monoisotopic (exact) mass is 186 g/mol. The Morgan fingerprint density at radius 1 is 1.50 bits per heavy atom. The highest BCUT2D eigenvalue weighted by Crippen LogP contribution is 2.13. The average Bonchev–Trinajstić information content (AvgIpc) is 2.01. The van der Waals surface area contributed by atoms with Crippen LogP contribution in [-0.2, 0) is 0 Å². The molecule has 0 fully saturated rings. The number of aliphatic hydroxyl groups is 1. The summed E-state index contributed by atoms with van der Waals surface area (Å²) in [4.78, 5) is 0. The lowest BCUT2D eigenvalue weighted by Gasteiger charge is -2.10. The highest BCUT2D eigenvalue weighted by Gasteiger charge is 2.04. The van der Waals surface area contributed by atoms with Crippen molar-refractivity contribution in [2.24, 2.45) is 0 Å². The molecule has 0 aliphatic heterocycles. The molecule has 0 aromatic rings. The minimum Gasteiger partial charge on any atom is -0.392 e. The van der Waals surface area contributed by atoms with Gasteiger partial charge in [0.25, 0.3) is 0 Å². The van der Waals surface area contributed by atoms with Crippen molar-refractivity contribution in [3.05, 3.63) is 0 Å². The first-order valence-corrected chi connectivity index (χ1v) is 5.44. The first kappa shape index (κ1) is 11.9. The highest BCUT2D eigenvalue weighted by molar-refractivity contribution is 7.99. The lowest BCUT2D eigenvalue weighted by Crippen LogP contribution is -2.11. The van der Waals surface area contributed by atoms with Crippen molar-refractivity contribution in [3.8, 4) is 12.3 Å². The molecule has 1 unspecified atom stereocenters. The molecule has 0 spiro atoms. The van der Waals surface area contributed by atoms with E-state index in [4.69, 9.17) is 6.42 Å². The Bertz CT molecular complexity index is 137. The Balaban J connectivity index is 3.22. The molecule has 0 saturated carbocycles. The predicted octanol–water partition coefficient (Wildman–Crippen LogP) is 2.29. The van der Waals surface area contributed by atoms with E-state index in [2.05, 4.69) is 19.8 Å². The van der Waals surface area contributed by atoms with E-state index in [1.165, 1.54) is 0 Å². The van der Waals surface area contributed by atoms with Crippen LogP contribution in [0.2, 0.25) is 0 Å². The maximum Gasteiger partial charge on any atom is 0.0631 e. The van der Waals surface area contributed by atoms with Crippen LogP contribution in [0.4, 0.5) is 0 Å². The summed E-state index contributed by atoms with van der Waals surface area (Å²) in [6.45, 7) is 4.28. The van der Waals surface area contributed by atoms with E-state index in [1.54, 1.807) is 11.8 Å². The summed E-state index contributed by atoms with van der Waals surface area (Å²) >= 11 is 1.80. The van der Waals surface area contributed by atoms with Crippen LogP contribution in [0, 0.1) is 12.3 Å². The topological polar surface area (TPSA) is 20.2 Å². The summed E-state index contributed by atoms with van der Waals surface area (Å²) in [5.41, 5.74) is 0. The molecular formula is C10H18OS. The van der Waals surface area contributed by atoms with Crippen LogP contribution in [0.3, 0.4) is 0 Å². The zero-order valence-electron chi connectivity index (χ0n) is 7.92. The molecule has 0 saturated heterocycles. The number of aliphatic hydroxyl groups excluding tert-OH is 1. The summed E-state index contributed by atoms with van der Waals surface area (Å²) < 4.78 is 0. The summed E-state index contributed by atoms with van der Waals surface area (Å²) in [6.07, 6.45) is 7.48. The second-order valence-corrected chi connectivity index (χ2v) is 4.74. The fourth-order valence-electron chi connectivity index (χ4n) is 0.827. The van der Waals surface area contributed by atoms with Crippen LogP contribution in [0.25, 0.3) is 0 Å². The third kappa shape index (κ3) is 7.97. The van der Waals surface area contributed by atoms with Crippen molar-refractivity contribution in [3.63, 3.8) is 0 Å². The predicted molar refractivity (Wildman–Crippen MR) is 56.3 cm³/mol. The molecule has 0 aliphatic carbocycles. The van der Waals surface area contributed by atoms with Gasteiger partial charge in [0.1, 0.15) is 0 Å². The number of rotatable bonds is 6. The SMILES string of the molecule is C#CCCCC(O)CSC(C)C. The van der Waals surface area contributed by atoms with Crippen LogP contribution in [0.5, 0.6) is 0 Å². The molecule has 0 aliphatic rings. The number of thioether (sulfide) groups is 1. The molecule has 0 rings (SSSR count). The van der Waals surface area contributed by atoms with Gasteiger partial charge >= 0.3 is 0 Å². The summed E-state index contributed by atoms with van der Waals surface area (Å²) in [6, 6.07) is 0. The molecule has 2 heteroatoms. The van der Waals surface area contributed by atoms with Gasteiger partial charge in [-0.1, -0.05) is 13.8 Å². The number of hydrogen-bond donors (Lipinski definition) is 1. The molecule has 0 radical (unpaired) electrons. The molecule has 1 atom stereocenters. The third-order valence-corrected chi connectivity index (χ3v) is 2.72. The van der Waals surface area contributed by atoms with Crippen molar-refractivity contribution in [1.29, 1.82) is 0 Å². The first-order chi connectivity index (χ1) is 5.66. The molecule has 0 amide bonds. The summed E-state index contributed by atoms with van der Waals surface area (Å²) in [5.74, 6) is 3.41. The lowest BCUT2D eigenvalue weighted by atomic mass is 10.2. The van der Waals surface area contributed by atoms with Gasteiger partial charge in [-0.3, -0.25) is 0 Å². The van der Waals surface area contributed by atoms with Crippen molar-refractivity contribution >= 4 is 11.8 Å². The van der Waals surface area contributed by atoms with E-state index in [-0.39, 0.29) is 6.10 Å². The Morgan fingerprint density at radius 2 is 2.17 bits per heavy atom. The minimum absolute atomic E-state index is 0.175. The van der Waals surface area contributed by atoms with Crippen LogP contribution < -0.4 is 0 Å². The lowest BCUT2D eigenvalue weighted by molar-refractivity contribution is 0.186. The molecule has 0 bridgehead atoms. The van der Waals surface area contributed by atoms with Gasteiger partial charge in [0.2, 0.25) is 0 Å². The van der Waals surface area contributed by atoms with Crippen LogP contribution in [0.15, 0.2) is 0 Å². The van der Waals surface area contributed by atoms with E-state index in [0.29, 0.717) is 5.25 Å². The molecule has 1 nitrogen and oxygen atoms in total. The number of unbranched alkanes of at least 4 members (excludes halogenated alkanes) is 1. The second-order valence-electron chi connectivity index (χ2n) is 3.13. The fraction of sp³-hybridized carbons (Fsp3) is 0.800. The normalized spacial score (nSPS) is 12.9. The second kappa shape index (κ2) is 7.52. The van der Waals surface area contributed by atoms with E-state index in [0.717, 1.165) is 25.0 Å². The molecule has 12 heavy (non-hydrogen) atoms. The van der Waals surface area contributed by atoms with Gasteiger partial charge in [0.05, 0.1) is 6.10 Å². The van der Waals surface area contributed by atoms with Crippen molar-refractivity contribution in [2.75, 3.05) is 5.75 Å². The van der Waals surface area contributed by atoms with Gasteiger partial charge in [0.15, 0.2) is 0 Å². The maximum atomic E-state index is 9.44. The maximum absolute atomic E-state index is 9.44. The standard InChI is InChI=1S/C10H18OS/c1-4-5-6-7-10(11)8-12-9(2)3/h1,9-11H,5-8H2,2-3H3. The molecule has 0 aromatic heterocycles. The number of hydrogen-bond acceptors (Lipinski definition) is 2. The van der Waals surface area contributed by atoms with E-state index in [9.17, 15) is 5.11 Å². The molecular weight excluding hydrogens is 168 g/mol. The van der Waals surface area contributed by atoms with E-state index in [1.807, 2.05) is 0 Å². The van der Waals surface area contributed by atoms with Crippen molar-refractivity contribution in [1.82, 2.24) is 0 Å². The zero-order chi connectivity index (χ0) is 9.40. The van der Waals surface area contributed by atoms with E-state index >= 15 is 0 Å². The number of terminal acetylenes is 1. The largest absolute Gasteiger partial charge is 0.392 e. The van der Waals surface area contributed by atoms with Gasteiger partial charge < -0.3 is 5.11 Å². The minimum atomic E-state index is -0.175. The Hall–Kier alpha value is -0.130. The van der Waals surface area contributed by atoms with Gasteiger partial charge in [-0.25, -0.2) is 0 Å². The molecule has 0 heterocycles. The van der Waals surface area contributed by atoms with Crippen LogP contribution in [0.1, 0.15) is 33.1 Å². The molecule has 70 valence electrons. The van der Waals surface area contributed by atoms with Crippen LogP contribution >= 0.6 is 11.8 Å². The highest BCUT2D eigenvalue weighted by atomic mass is 32.2. The third-order valence-electron chi connectivity index (χ3n) is 1.48. The Morgan fingerprint density at radius 3 is 2.67 bits per heavy atom. The average molecular weight is 186 g/mol. The quantitative estimate of drug-likeness (QED) is 0.507. The summed E-state index contributed by atoms with van der Waals surface area (Å²) in [5, 5.41) is 10.0. The summed E-state index contributed by atoms with van der Waals surface area (Å²) in [7, 11) is 0. The van der Waals surface area contributed by atoms with Gasteiger partial charge in [-0.15, -0.1) is 12.3 Å². The van der Waals surface area contributed by atoms with Gasteiger partial charge in [-0.05, 0) is 18.1 Å². The van der Waals surface area contributed by atoms with Crippen molar-refractivity contribution < 1.29 is 5.11 Å². The van der Waals surface area contributed by atoms with E-state index < -0.39 is 0 Å². The Labute approximate surface area is 79.9 Å². The molecule has 0 aromatic carbocycles. The molecule has 1 N–H and O–H groups in total. The fourth-order valence-corrected chi connectivity index (χ4v) is 1.60. The van der Waals surface area contributed by atoms with Crippen LogP contribution in [-0.4, -0.2) is 22.2 Å². The van der Waals surface area contributed by atoms with Gasteiger partial charge in [0, 0.05) is 12.2 Å². The van der Waals surface area contributed by atoms with Gasteiger partial charge in [-0.2, -0.15) is 11.8 Å². The zero-order valence-corrected chi connectivity index (χ0v) is 8.73.